The van der Waals surface area contributed by atoms with Gasteiger partial charge in [-0.2, -0.15) is 0 Å². The Morgan fingerprint density at radius 3 is 2.68 bits per heavy atom. The van der Waals surface area contributed by atoms with Gasteiger partial charge in [0, 0.05) is 29.7 Å². The van der Waals surface area contributed by atoms with Gasteiger partial charge in [0.1, 0.15) is 4.90 Å². The molecule has 5 nitrogen and oxygen atoms in total. The third-order valence-corrected chi connectivity index (χ3v) is 6.22. The molecular formula is C19H16N2O3S. The summed E-state index contributed by atoms with van der Waals surface area (Å²) in [5, 5.41) is 0. The summed E-state index contributed by atoms with van der Waals surface area (Å²) in [6.07, 6.45) is 7.43. The Morgan fingerprint density at radius 1 is 1.08 bits per heavy atom. The van der Waals surface area contributed by atoms with Crippen LogP contribution >= 0.6 is 0 Å². The highest BCUT2D eigenvalue weighted by molar-refractivity contribution is 7.90. The van der Waals surface area contributed by atoms with E-state index in [-0.39, 0.29) is 4.90 Å². The number of aryl methyl sites for hydroxylation is 1. The van der Waals surface area contributed by atoms with Gasteiger partial charge >= 0.3 is 0 Å². The van der Waals surface area contributed by atoms with E-state index in [2.05, 4.69) is 4.98 Å². The zero-order chi connectivity index (χ0) is 17.4. The minimum Gasteiger partial charge on any atom is -0.298 e. The average Bonchev–Trinajstić information content (AvgIpc) is 2.92. The predicted octanol–water partition coefficient (Wildman–Crippen LogP) is 3.09. The highest BCUT2D eigenvalue weighted by Crippen LogP contribution is 2.37. The van der Waals surface area contributed by atoms with E-state index >= 15 is 0 Å². The summed E-state index contributed by atoms with van der Waals surface area (Å²) in [6, 6.07) is 10.9. The van der Waals surface area contributed by atoms with Gasteiger partial charge in [0.25, 0.3) is 10.0 Å². The molecule has 126 valence electrons. The number of pyridine rings is 1. The maximum atomic E-state index is 13.2. The molecule has 6 heteroatoms. The molecule has 3 aromatic rings. The number of carbonyl (C=O) groups excluding carboxylic acids is 1. The first-order chi connectivity index (χ1) is 12.1. The van der Waals surface area contributed by atoms with Crippen LogP contribution in [0.5, 0.6) is 0 Å². The number of rotatable bonds is 3. The van der Waals surface area contributed by atoms with E-state index in [1.807, 2.05) is 24.3 Å². The number of hydrogen-bond acceptors (Lipinski definition) is 4. The molecule has 0 N–H and O–H groups in total. The number of carbonyl (C=O) groups is 1. The standard InChI is InChI=1S/C19H16N2O3S/c22-13-15-12-21(25(23,24)16-7-4-10-20-11-16)19-17-8-2-1-5-14(17)6-3-9-18(15)19/h1-2,4-5,7-8,10-13H,3,6,9H2. The van der Waals surface area contributed by atoms with Crippen molar-refractivity contribution in [2.45, 2.75) is 24.2 Å². The highest BCUT2D eigenvalue weighted by Gasteiger charge is 2.28. The first kappa shape index (κ1) is 15.8. The number of fused-ring (bicyclic) bond motifs is 3. The summed E-state index contributed by atoms with van der Waals surface area (Å²) < 4.78 is 27.6. The lowest BCUT2D eigenvalue weighted by Crippen LogP contribution is -2.14. The van der Waals surface area contributed by atoms with Gasteiger partial charge in [0.15, 0.2) is 6.29 Å². The van der Waals surface area contributed by atoms with Crippen LogP contribution < -0.4 is 0 Å². The van der Waals surface area contributed by atoms with Crippen LogP contribution in [0.1, 0.15) is 27.9 Å². The van der Waals surface area contributed by atoms with E-state index in [1.54, 1.807) is 6.07 Å². The van der Waals surface area contributed by atoms with Crippen molar-refractivity contribution in [3.8, 4) is 11.3 Å². The van der Waals surface area contributed by atoms with E-state index < -0.39 is 10.0 Å². The van der Waals surface area contributed by atoms with E-state index in [9.17, 15) is 13.2 Å². The van der Waals surface area contributed by atoms with Crippen LogP contribution in [0.2, 0.25) is 0 Å². The molecule has 2 aromatic heterocycles. The first-order valence-electron chi connectivity index (χ1n) is 8.06. The zero-order valence-corrected chi connectivity index (χ0v) is 14.2. The largest absolute Gasteiger partial charge is 0.298 e. The molecule has 0 atom stereocenters. The van der Waals surface area contributed by atoms with Crippen molar-refractivity contribution in [1.82, 2.24) is 8.96 Å². The third-order valence-electron chi connectivity index (χ3n) is 4.57. The zero-order valence-electron chi connectivity index (χ0n) is 13.4. The molecule has 0 spiro atoms. The Morgan fingerprint density at radius 2 is 1.92 bits per heavy atom. The van der Waals surface area contributed by atoms with Gasteiger partial charge in [-0.1, -0.05) is 24.3 Å². The van der Waals surface area contributed by atoms with Gasteiger partial charge < -0.3 is 0 Å². The van der Waals surface area contributed by atoms with Crippen LogP contribution in [0.25, 0.3) is 11.3 Å². The quantitative estimate of drug-likeness (QED) is 0.679. The van der Waals surface area contributed by atoms with E-state index in [0.717, 1.165) is 35.8 Å². The molecule has 0 saturated heterocycles. The molecule has 1 aliphatic carbocycles. The van der Waals surface area contributed by atoms with Gasteiger partial charge in [-0.25, -0.2) is 12.4 Å². The smallest absolute Gasteiger partial charge is 0.269 e. The van der Waals surface area contributed by atoms with Gasteiger partial charge in [-0.15, -0.1) is 0 Å². The van der Waals surface area contributed by atoms with Crippen molar-refractivity contribution in [2.24, 2.45) is 0 Å². The predicted molar refractivity (Wildman–Crippen MR) is 94.1 cm³/mol. The van der Waals surface area contributed by atoms with Crippen molar-refractivity contribution in [1.29, 1.82) is 0 Å². The van der Waals surface area contributed by atoms with Crippen LogP contribution in [-0.4, -0.2) is 23.7 Å². The molecule has 0 aliphatic heterocycles. The van der Waals surface area contributed by atoms with Crippen molar-refractivity contribution in [3.63, 3.8) is 0 Å². The Labute approximate surface area is 146 Å². The molecule has 0 radical (unpaired) electrons. The SMILES string of the molecule is O=Cc1cn(S(=O)(=O)c2cccnc2)c2c1CCCc1ccccc1-2. The molecule has 4 rings (SSSR count). The van der Waals surface area contributed by atoms with Gasteiger partial charge in [0.2, 0.25) is 0 Å². The van der Waals surface area contributed by atoms with Crippen molar-refractivity contribution < 1.29 is 13.2 Å². The second-order valence-corrected chi connectivity index (χ2v) is 7.84. The lowest BCUT2D eigenvalue weighted by atomic mass is 10.0. The van der Waals surface area contributed by atoms with Gasteiger partial charge in [-0.05, 0) is 42.5 Å². The fourth-order valence-electron chi connectivity index (χ4n) is 3.41. The van der Waals surface area contributed by atoms with Crippen LogP contribution in [0.15, 0.2) is 59.9 Å². The number of aromatic nitrogens is 2. The first-order valence-corrected chi connectivity index (χ1v) is 9.50. The summed E-state index contributed by atoms with van der Waals surface area (Å²) in [7, 11) is -3.83. The minimum absolute atomic E-state index is 0.104. The van der Waals surface area contributed by atoms with Crippen molar-refractivity contribution in [3.05, 3.63) is 71.7 Å². The lowest BCUT2D eigenvalue weighted by Gasteiger charge is -2.13. The van der Waals surface area contributed by atoms with Crippen LogP contribution in [0.3, 0.4) is 0 Å². The van der Waals surface area contributed by atoms with E-state index in [0.29, 0.717) is 17.7 Å². The molecule has 1 aromatic carbocycles. The summed E-state index contributed by atoms with van der Waals surface area (Å²) in [6.45, 7) is 0. The normalized spacial score (nSPS) is 13.6. The average molecular weight is 352 g/mol. The monoisotopic (exact) mass is 352 g/mol. The molecule has 0 fully saturated rings. The highest BCUT2D eigenvalue weighted by atomic mass is 32.2. The molecule has 2 heterocycles. The molecule has 0 amide bonds. The molecule has 1 aliphatic rings. The molecular weight excluding hydrogens is 336 g/mol. The molecule has 0 bridgehead atoms. The Kier molecular flexibility index (Phi) is 3.77. The van der Waals surface area contributed by atoms with E-state index in [1.165, 1.54) is 28.6 Å². The summed E-state index contributed by atoms with van der Waals surface area (Å²) in [4.78, 5) is 15.6. The summed E-state index contributed by atoms with van der Waals surface area (Å²) >= 11 is 0. The fourth-order valence-corrected chi connectivity index (χ4v) is 4.78. The van der Waals surface area contributed by atoms with Gasteiger partial charge in [-0.3, -0.25) is 9.78 Å². The number of benzene rings is 1. The second kappa shape index (κ2) is 5.97. The van der Waals surface area contributed by atoms with Crippen molar-refractivity contribution in [2.75, 3.05) is 0 Å². The molecule has 0 saturated carbocycles. The second-order valence-electron chi connectivity index (χ2n) is 6.03. The van der Waals surface area contributed by atoms with Gasteiger partial charge in [0.05, 0.1) is 5.69 Å². The maximum absolute atomic E-state index is 13.2. The Balaban J connectivity index is 2.05. The topological polar surface area (TPSA) is 69.0 Å². The Hall–Kier alpha value is -2.73. The van der Waals surface area contributed by atoms with Crippen molar-refractivity contribution >= 4 is 16.3 Å². The maximum Gasteiger partial charge on any atom is 0.269 e. The number of hydrogen-bond donors (Lipinski definition) is 0. The van der Waals surface area contributed by atoms with Crippen LogP contribution in [0.4, 0.5) is 0 Å². The summed E-state index contributed by atoms with van der Waals surface area (Å²) in [5.41, 5.74) is 3.79. The molecule has 0 unspecified atom stereocenters. The van der Waals surface area contributed by atoms with Crippen LogP contribution in [-0.2, 0) is 22.9 Å². The minimum atomic E-state index is -3.83. The Bertz CT molecular complexity index is 1050. The fraction of sp³-hybridized carbons (Fsp3) is 0.158. The lowest BCUT2D eigenvalue weighted by molar-refractivity contribution is 0.112. The van der Waals surface area contributed by atoms with E-state index in [4.69, 9.17) is 0 Å². The summed E-state index contributed by atoms with van der Waals surface area (Å²) in [5.74, 6) is 0. The van der Waals surface area contributed by atoms with Crippen LogP contribution in [0, 0.1) is 0 Å². The third kappa shape index (κ3) is 2.49. The number of nitrogens with zero attached hydrogens (tertiary/aromatic N) is 2. The number of aldehydes is 1. The molecule has 25 heavy (non-hydrogen) atoms.